The van der Waals surface area contributed by atoms with Crippen molar-refractivity contribution in [3.05, 3.63) is 59.2 Å². The molecule has 2 nitrogen and oxygen atoms in total. The minimum absolute atomic E-state index is 0.288. The second kappa shape index (κ2) is 6.58. The van der Waals surface area contributed by atoms with Gasteiger partial charge in [-0.3, -0.25) is 4.99 Å². The Morgan fingerprint density at radius 2 is 1.90 bits per heavy atom. The summed E-state index contributed by atoms with van der Waals surface area (Å²) in [4.78, 5) is 4.53. The minimum atomic E-state index is 0.288. The van der Waals surface area contributed by atoms with Crippen molar-refractivity contribution in [2.45, 2.75) is 13.8 Å². The van der Waals surface area contributed by atoms with E-state index in [2.05, 4.69) is 43.0 Å². The van der Waals surface area contributed by atoms with Crippen LogP contribution in [0.2, 0.25) is 0 Å². The van der Waals surface area contributed by atoms with E-state index in [1.807, 2.05) is 30.5 Å². The summed E-state index contributed by atoms with van der Waals surface area (Å²) in [5.41, 5.74) is 4.40. The van der Waals surface area contributed by atoms with Crippen LogP contribution in [0.25, 0.3) is 0 Å². The van der Waals surface area contributed by atoms with E-state index in [9.17, 15) is 0 Å². The lowest BCUT2D eigenvalue weighted by Gasteiger charge is -2.03. The SMILES string of the molecule is C#CCOc1ccc(C=Nc2cc(C)ccc2C)cc1. The van der Waals surface area contributed by atoms with Gasteiger partial charge in [0.15, 0.2) is 0 Å². The summed E-state index contributed by atoms with van der Waals surface area (Å²) in [6, 6.07) is 13.9. The molecular formula is C18H17NO. The molecule has 0 aliphatic heterocycles. The van der Waals surface area contributed by atoms with Crippen molar-refractivity contribution in [3.63, 3.8) is 0 Å². The number of ether oxygens (including phenoxy) is 1. The van der Waals surface area contributed by atoms with Gasteiger partial charge in [-0.15, -0.1) is 6.42 Å². The van der Waals surface area contributed by atoms with Crippen LogP contribution >= 0.6 is 0 Å². The summed E-state index contributed by atoms with van der Waals surface area (Å²) in [7, 11) is 0. The van der Waals surface area contributed by atoms with Crippen LogP contribution in [0.3, 0.4) is 0 Å². The number of aliphatic imine (C=N–C) groups is 1. The van der Waals surface area contributed by atoms with E-state index >= 15 is 0 Å². The first-order valence-corrected chi connectivity index (χ1v) is 6.46. The molecule has 0 fully saturated rings. The molecule has 0 aliphatic carbocycles. The number of terminal acetylenes is 1. The van der Waals surface area contributed by atoms with Crippen molar-refractivity contribution in [1.29, 1.82) is 0 Å². The van der Waals surface area contributed by atoms with Crippen LogP contribution in [0.15, 0.2) is 47.5 Å². The Morgan fingerprint density at radius 1 is 1.15 bits per heavy atom. The molecule has 0 amide bonds. The normalized spacial score (nSPS) is 10.4. The third-order valence-corrected chi connectivity index (χ3v) is 2.92. The standard InChI is InChI=1S/C18H17NO/c1-4-11-20-17-9-7-16(8-10-17)13-19-18-12-14(2)5-6-15(18)3/h1,5-10,12-13H,11H2,2-3H3. The highest BCUT2D eigenvalue weighted by Crippen LogP contribution is 2.20. The van der Waals surface area contributed by atoms with E-state index in [-0.39, 0.29) is 6.61 Å². The number of benzene rings is 2. The van der Waals surface area contributed by atoms with Gasteiger partial charge in [-0.05, 0) is 60.9 Å². The molecule has 0 atom stereocenters. The van der Waals surface area contributed by atoms with Gasteiger partial charge in [-0.2, -0.15) is 0 Å². The zero-order valence-electron chi connectivity index (χ0n) is 11.8. The Labute approximate surface area is 120 Å². The van der Waals surface area contributed by atoms with Crippen molar-refractivity contribution >= 4 is 11.9 Å². The van der Waals surface area contributed by atoms with Crippen LogP contribution in [-0.2, 0) is 0 Å². The predicted molar refractivity (Wildman–Crippen MR) is 83.9 cm³/mol. The fourth-order valence-electron chi connectivity index (χ4n) is 1.78. The Kier molecular flexibility index (Phi) is 4.57. The maximum atomic E-state index is 5.33. The van der Waals surface area contributed by atoms with Gasteiger partial charge in [0.2, 0.25) is 0 Å². The van der Waals surface area contributed by atoms with E-state index < -0.39 is 0 Å². The average Bonchev–Trinajstić information content (AvgIpc) is 2.47. The molecule has 0 saturated heterocycles. The van der Waals surface area contributed by atoms with Crippen LogP contribution in [0.1, 0.15) is 16.7 Å². The van der Waals surface area contributed by atoms with Crippen LogP contribution in [0, 0.1) is 26.2 Å². The quantitative estimate of drug-likeness (QED) is 0.602. The van der Waals surface area contributed by atoms with Gasteiger partial charge in [0, 0.05) is 6.21 Å². The maximum Gasteiger partial charge on any atom is 0.148 e. The Bertz CT molecular complexity index is 648. The summed E-state index contributed by atoms with van der Waals surface area (Å²) in [6.07, 6.45) is 7.00. The lowest BCUT2D eigenvalue weighted by Crippen LogP contribution is -1.93. The van der Waals surface area contributed by atoms with Crippen molar-refractivity contribution in [1.82, 2.24) is 0 Å². The molecule has 0 N–H and O–H groups in total. The van der Waals surface area contributed by atoms with E-state index in [0.29, 0.717) is 0 Å². The van der Waals surface area contributed by atoms with Crippen molar-refractivity contribution < 1.29 is 4.74 Å². The number of nitrogens with zero attached hydrogens (tertiary/aromatic N) is 1. The molecule has 0 aliphatic rings. The summed E-state index contributed by atoms with van der Waals surface area (Å²) >= 11 is 0. The molecular weight excluding hydrogens is 246 g/mol. The third-order valence-electron chi connectivity index (χ3n) is 2.92. The monoisotopic (exact) mass is 263 g/mol. The number of hydrogen-bond donors (Lipinski definition) is 0. The molecule has 2 aromatic carbocycles. The summed E-state index contributed by atoms with van der Waals surface area (Å²) < 4.78 is 5.33. The van der Waals surface area contributed by atoms with E-state index in [1.165, 1.54) is 11.1 Å². The fraction of sp³-hybridized carbons (Fsp3) is 0.167. The molecule has 2 heteroatoms. The maximum absolute atomic E-state index is 5.33. The lowest BCUT2D eigenvalue weighted by molar-refractivity contribution is 0.370. The molecule has 100 valence electrons. The largest absolute Gasteiger partial charge is 0.481 e. The van der Waals surface area contributed by atoms with Gasteiger partial charge in [-0.25, -0.2) is 0 Å². The van der Waals surface area contributed by atoms with Crippen LogP contribution in [0.5, 0.6) is 5.75 Å². The highest BCUT2D eigenvalue weighted by atomic mass is 16.5. The molecule has 0 unspecified atom stereocenters. The smallest absolute Gasteiger partial charge is 0.148 e. The van der Waals surface area contributed by atoms with Gasteiger partial charge < -0.3 is 4.74 Å². The number of rotatable bonds is 4. The molecule has 0 aromatic heterocycles. The fourth-order valence-corrected chi connectivity index (χ4v) is 1.78. The predicted octanol–water partition coefficient (Wildman–Crippen LogP) is 4.07. The topological polar surface area (TPSA) is 21.6 Å². The second-order valence-electron chi connectivity index (χ2n) is 4.61. The zero-order valence-corrected chi connectivity index (χ0v) is 11.8. The zero-order chi connectivity index (χ0) is 14.4. The van der Waals surface area contributed by atoms with Crippen molar-refractivity contribution in [2.75, 3.05) is 6.61 Å². The van der Waals surface area contributed by atoms with E-state index in [0.717, 1.165) is 17.0 Å². The molecule has 0 spiro atoms. The van der Waals surface area contributed by atoms with Gasteiger partial charge >= 0.3 is 0 Å². The third kappa shape index (κ3) is 3.73. The van der Waals surface area contributed by atoms with Crippen molar-refractivity contribution in [2.24, 2.45) is 4.99 Å². The molecule has 0 bridgehead atoms. The van der Waals surface area contributed by atoms with Gasteiger partial charge in [0.1, 0.15) is 12.4 Å². The summed E-state index contributed by atoms with van der Waals surface area (Å²) in [6.45, 7) is 4.41. The molecule has 0 heterocycles. The van der Waals surface area contributed by atoms with Gasteiger partial charge in [0.05, 0.1) is 5.69 Å². The van der Waals surface area contributed by atoms with Gasteiger partial charge in [0.25, 0.3) is 0 Å². The number of aryl methyl sites for hydroxylation is 2. The van der Waals surface area contributed by atoms with E-state index in [1.54, 1.807) is 0 Å². The summed E-state index contributed by atoms with van der Waals surface area (Å²) in [5, 5.41) is 0. The highest BCUT2D eigenvalue weighted by Gasteiger charge is 1.96. The average molecular weight is 263 g/mol. The van der Waals surface area contributed by atoms with Crippen LogP contribution < -0.4 is 4.74 Å². The molecule has 0 saturated carbocycles. The highest BCUT2D eigenvalue weighted by molar-refractivity contribution is 5.82. The second-order valence-corrected chi connectivity index (χ2v) is 4.61. The minimum Gasteiger partial charge on any atom is -0.481 e. The Hall–Kier alpha value is -2.53. The lowest BCUT2D eigenvalue weighted by atomic mass is 10.1. The van der Waals surface area contributed by atoms with Gasteiger partial charge in [-0.1, -0.05) is 18.1 Å². The van der Waals surface area contributed by atoms with E-state index in [4.69, 9.17) is 11.2 Å². The Balaban J connectivity index is 2.11. The number of hydrogen-bond acceptors (Lipinski definition) is 2. The Morgan fingerprint density at radius 3 is 2.60 bits per heavy atom. The first-order chi connectivity index (χ1) is 9.69. The first kappa shape index (κ1) is 13.9. The molecule has 0 radical (unpaired) electrons. The first-order valence-electron chi connectivity index (χ1n) is 6.46. The molecule has 2 aromatic rings. The van der Waals surface area contributed by atoms with Crippen LogP contribution in [-0.4, -0.2) is 12.8 Å². The summed E-state index contributed by atoms with van der Waals surface area (Å²) in [5.74, 6) is 3.21. The molecule has 2 rings (SSSR count). The molecule has 20 heavy (non-hydrogen) atoms. The van der Waals surface area contributed by atoms with Crippen molar-refractivity contribution in [3.8, 4) is 18.1 Å². The van der Waals surface area contributed by atoms with Crippen LogP contribution in [0.4, 0.5) is 5.69 Å².